The summed E-state index contributed by atoms with van der Waals surface area (Å²) in [6.45, 7) is 4.13. The summed E-state index contributed by atoms with van der Waals surface area (Å²) >= 11 is 0. The third-order valence-corrected chi connectivity index (χ3v) is 7.54. The summed E-state index contributed by atoms with van der Waals surface area (Å²) in [5.74, 6) is 0.696. The van der Waals surface area contributed by atoms with Crippen molar-refractivity contribution in [2.24, 2.45) is 0 Å². The molecule has 1 saturated carbocycles. The molecule has 8 nitrogen and oxygen atoms in total. The number of anilines is 2. The van der Waals surface area contributed by atoms with Gasteiger partial charge in [0, 0.05) is 38.2 Å². The quantitative estimate of drug-likeness (QED) is 0.525. The zero-order valence-electron chi connectivity index (χ0n) is 19.8. The number of amides is 3. The van der Waals surface area contributed by atoms with Crippen LogP contribution in [0.4, 0.5) is 16.4 Å². The molecule has 2 aromatic heterocycles. The van der Waals surface area contributed by atoms with Crippen LogP contribution in [0.15, 0.2) is 61.1 Å². The van der Waals surface area contributed by atoms with Crippen LogP contribution >= 0.6 is 0 Å². The summed E-state index contributed by atoms with van der Waals surface area (Å²) in [6.07, 6.45) is 8.47. The third-order valence-electron chi connectivity index (χ3n) is 7.54. The summed E-state index contributed by atoms with van der Waals surface area (Å²) in [4.78, 5) is 46.2. The van der Waals surface area contributed by atoms with Crippen molar-refractivity contribution in [2.75, 3.05) is 22.9 Å². The van der Waals surface area contributed by atoms with Crippen LogP contribution in [0.25, 0.3) is 0 Å². The van der Waals surface area contributed by atoms with E-state index in [0.717, 1.165) is 17.8 Å². The van der Waals surface area contributed by atoms with Gasteiger partial charge in [0.2, 0.25) is 5.95 Å². The highest BCUT2D eigenvalue weighted by Crippen LogP contribution is 2.43. The number of aryl methyl sites for hydroxylation is 1. The Bertz CT molecular complexity index is 1250. The number of pyridine rings is 1. The fraction of sp³-hybridized carbons (Fsp3) is 0.370. The molecule has 35 heavy (non-hydrogen) atoms. The van der Waals surface area contributed by atoms with Crippen LogP contribution in [0, 0.1) is 6.92 Å². The summed E-state index contributed by atoms with van der Waals surface area (Å²) in [5, 5.41) is 0. The van der Waals surface area contributed by atoms with Gasteiger partial charge in [-0.1, -0.05) is 18.2 Å². The SMILES string of the molecule is Cc1cccnc1CN1CCC2(CC1)C(=O)N(c1ccc(C3CC3)cc1)C(=O)N2c1ncccn1. The van der Waals surface area contributed by atoms with Crippen molar-refractivity contribution in [3.8, 4) is 0 Å². The maximum absolute atomic E-state index is 14.0. The number of piperidine rings is 1. The van der Waals surface area contributed by atoms with Gasteiger partial charge in [0.1, 0.15) is 5.54 Å². The molecule has 0 bridgehead atoms. The molecule has 2 saturated heterocycles. The Labute approximate surface area is 204 Å². The molecule has 3 fully saturated rings. The molecule has 4 heterocycles. The number of imide groups is 1. The molecule has 1 spiro atoms. The van der Waals surface area contributed by atoms with Crippen molar-refractivity contribution in [1.82, 2.24) is 19.9 Å². The highest BCUT2D eigenvalue weighted by atomic mass is 16.2. The van der Waals surface area contributed by atoms with E-state index in [-0.39, 0.29) is 17.9 Å². The molecule has 0 unspecified atom stereocenters. The Morgan fingerprint density at radius 2 is 1.60 bits per heavy atom. The summed E-state index contributed by atoms with van der Waals surface area (Å²) in [5.41, 5.74) is 3.07. The average Bonchev–Trinajstić information content (AvgIpc) is 3.71. The van der Waals surface area contributed by atoms with E-state index in [1.165, 1.54) is 28.2 Å². The van der Waals surface area contributed by atoms with Gasteiger partial charge in [-0.15, -0.1) is 0 Å². The lowest BCUT2D eigenvalue weighted by molar-refractivity contribution is -0.123. The van der Waals surface area contributed by atoms with Crippen molar-refractivity contribution in [2.45, 2.75) is 50.6 Å². The second-order valence-electron chi connectivity index (χ2n) is 9.75. The Balaban J connectivity index is 1.30. The number of hydrogen-bond acceptors (Lipinski definition) is 6. The maximum Gasteiger partial charge on any atom is 0.339 e. The minimum absolute atomic E-state index is 0.192. The molecule has 8 heteroatoms. The molecule has 2 aliphatic heterocycles. The molecular weight excluding hydrogens is 440 g/mol. The second-order valence-corrected chi connectivity index (χ2v) is 9.75. The van der Waals surface area contributed by atoms with Crippen LogP contribution in [0.3, 0.4) is 0 Å². The monoisotopic (exact) mass is 468 g/mol. The van der Waals surface area contributed by atoms with E-state index < -0.39 is 5.54 Å². The van der Waals surface area contributed by atoms with E-state index in [9.17, 15) is 9.59 Å². The van der Waals surface area contributed by atoms with Crippen LogP contribution in [0.1, 0.15) is 48.4 Å². The van der Waals surface area contributed by atoms with Gasteiger partial charge in [-0.2, -0.15) is 0 Å². The van der Waals surface area contributed by atoms with Gasteiger partial charge >= 0.3 is 6.03 Å². The molecule has 178 valence electrons. The lowest BCUT2D eigenvalue weighted by Gasteiger charge is -2.41. The second kappa shape index (κ2) is 8.53. The topological polar surface area (TPSA) is 82.5 Å². The standard InChI is InChI=1S/C27H28N6O2/c1-19-4-2-13-28-23(19)18-31-16-11-27(12-17-31)24(34)32(22-9-7-21(8-10-22)20-5-6-20)26(35)33(27)25-29-14-3-15-30-25/h2-4,7-10,13-15,20H,5-6,11-12,16-18H2,1H3. The number of hydrogen-bond donors (Lipinski definition) is 0. The molecule has 3 aromatic rings. The third kappa shape index (κ3) is 3.78. The molecule has 3 aliphatic rings. The van der Waals surface area contributed by atoms with Crippen LogP contribution in [-0.4, -0.2) is 50.4 Å². The Kier molecular flexibility index (Phi) is 5.33. The van der Waals surface area contributed by atoms with Gasteiger partial charge in [0.25, 0.3) is 5.91 Å². The molecule has 1 aliphatic carbocycles. The van der Waals surface area contributed by atoms with Crippen molar-refractivity contribution in [1.29, 1.82) is 0 Å². The first-order chi connectivity index (χ1) is 17.1. The molecule has 0 radical (unpaired) electrons. The number of urea groups is 1. The summed E-state index contributed by atoms with van der Waals surface area (Å²) in [7, 11) is 0. The molecule has 0 atom stereocenters. The van der Waals surface area contributed by atoms with Crippen molar-refractivity contribution in [3.63, 3.8) is 0 Å². The normalized spacial score (nSPS) is 20.1. The lowest BCUT2D eigenvalue weighted by atomic mass is 9.85. The van der Waals surface area contributed by atoms with Gasteiger partial charge in [-0.3, -0.25) is 14.7 Å². The minimum atomic E-state index is -0.997. The van der Waals surface area contributed by atoms with Gasteiger partial charge in [-0.25, -0.2) is 24.6 Å². The molecule has 6 rings (SSSR count). The van der Waals surface area contributed by atoms with E-state index in [2.05, 4.69) is 32.8 Å². The molecule has 3 amide bonds. The number of carbonyl (C=O) groups excluding carboxylic acids is 2. The maximum atomic E-state index is 14.0. The number of carbonyl (C=O) groups is 2. The number of nitrogens with zero attached hydrogens (tertiary/aromatic N) is 6. The van der Waals surface area contributed by atoms with Crippen LogP contribution in [0.2, 0.25) is 0 Å². The van der Waals surface area contributed by atoms with E-state index in [1.807, 2.05) is 36.5 Å². The Morgan fingerprint density at radius 3 is 2.26 bits per heavy atom. The van der Waals surface area contributed by atoms with Crippen molar-refractivity contribution < 1.29 is 9.59 Å². The van der Waals surface area contributed by atoms with E-state index in [0.29, 0.717) is 37.5 Å². The zero-order valence-corrected chi connectivity index (χ0v) is 19.8. The van der Waals surface area contributed by atoms with Crippen LogP contribution < -0.4 is 9.80 Å². The van der Waals surface area contributed by atoms with Gasteiger partial charge in [0.05, 0.1) is 11.4 Å². The van der Waals surface area contributed by atoms with Gasteiger partial charge < -0.3 is 0 Å². The first-order valence-electron chi connectivity index (χ1n) is 12.3. The Morgan fingerprint density at radius 1 is 0.914 bits per heavy atom. The van der Waals surface area contributed by atoms with Crippen molar-refractivity contribution >= 4 is 23.6 Å². The van der Waals surface area contributed by atoms with Crippen LogP contribution in [-0.2, 0) is 11.3 Å². The van der Waals surface area contributed by atoms with Gasteiger partial charge in [-0.05, 0) is 73.9 Å². The molecule has 0 N–H and O–H groups in total. The zero-order chi connectivity index (χ0) is 24.0. The Hall–Kier alpha value is -3.65. The molecular formula is C27H28N6O2. The fourth-order valence-corrected chi connectivity index (χ4v) is 5.31. The van der Waals surface area contributed by atoms with Gasteiger partial charge in [0.15, 0.2) is 0 Å². The lowest BCUT2D eigenvalue weighted by Crippen LogP contribution is -2.57. The van der Waals surface area contributed by atoms with Crippen LogP contribution in [0.5, 0.6) is 0 Å². The molecule has 1 aromatic carbocycles. The first kappa shape index (κ1) is 21.9. The summed E-state index contributed by atoms with van der Waals surface area (Å²) < 4.78 is 0. The van der Waals surface area contributed by atoms with E-state index in [1.54, 1.807) is 18.5 Å². The fourth-order valence-electron chi connectivity index (χ4n) is 5.31. The predicted octanol–water partition coefficient (Wildman–Crippen LogP) is 4.07. The number of benzene rings is 1. The number of likely N-dealkylation sites (tertiary alicyclic amines) is 1. The first-order valence-corrected chi connectivity index (χ1v) is 12.3. The highest BCUT2D eigenvalue weighted by molar-refractivity contribution is 6.30. The largest absolute Gasteiger partial charge is 0.339 e. The number of aromatic nitrogens is 3. The van der Waals surface area contributed by atoms with E-state index >= 15 is 0 Å². The summed E-state index contributed by atoms with van der Waals surface area (Å²) in [6, 6.07) is 13.2. The highest BCUT2D eigenvalue weighted by Gasteiger charge is 2.60. The predicted molar refractivity (Wildman–Crippen MR) is 132 cm³/mol. The van der Waals surface area contributed by atoms with Crippen molar-refractivity contribution in [3.05, 3.63) is 77.9 Å². The minimum Gasteiger partial charge on any atom is -0.297 e. The number of rotatable bonds is 5. The smallest absolute Gasteiger partial charge is 0.297 e. The van der Waals surface area contributed by atoms with E-state index in [4.69, 9.17) is 0 Å². The average molecular weight is 469 g/mol.